The van der Waals surface area contributed by atoms with Crippen LogP contribution in [0.15, 0.2) is 109 Å². The Hall–Kier alpha value is -8.10. The summed E-state index contributed by atoms with van der Waals surface area (Å²) in [7, 11) is 6.36. The van der Waals surface area contributed by atoms with E-state index in [0.717, 1.165) is 126 Å². The van der Waals surface area contributed by atoms with Crippen molar-refractivity contribution in [2.24, 2.45) is 35.0 Å². The third kappa shape index (κ3) is 22.3. The summed E-state index contributed by atoms with van der Waals surface area (Å²) in [6.45, 7) is 17.2. The normalized spacial score (nSPS) is 19.5. The third-order valence-corrected chi connectivity index (χ3v) is 22.3. The lowest BCUT2D eigenvalue weighted by molar-refractivity contribution is -0.128. The molecule has 6 aromatic carbocycles. The van der Waals surface area contributed by atoms with Crippen LogP contribution in [0.2, 0.25) is 0 Å². The van der Waals surface area contributed by atoms with E-state index in [1.807, 2.05) is 78.9 Å². The Morgan fingerprint density at radius 1 is 0.389 bits per heavy atom. The number of nitrogens with two attached hydrogens (primary N) is 3. The van der Waals surface area contributed by atoms with Gasteiger partial charge in [0.15, 0.2) is 29.0 Å². The lowest BCUT2D eigenvalue weighted by atomic mass is 9.81. The minimum Gasteiger partial charge on any atom is -0.381 e. The SMILES string of the molecule is CN1CCN(Cc2ccc(-c3cc(F)c(C[C@@H](C#N)CC(=O)C4(N)CCOCC4)c(F)c3)cc2)CC1.CN1CCN(Cc2ccc(-c3cc(F)c(C[C@@H](C#N)CC(=O)C4(N)CCOCC4)cc3F)cc2)CC1.CN1CCN(Cc2ccc(-c3ccc(C[C@@H](C#N)CC(=O)C4(N)CCOCC4)c(F)c3F)cc2)CC1. The van der Waals surface area contributed by atoms with Gasteiger partial charge < -0.3 is 46.1 Å². The number of ketones is 3. The van der Waals surface area contributed by atoms with Crippen molar-refractivity contribution < 1.29 is 54.9 Å². The van der Waals surface area contributed by atoms with Crippen LogP contribution in [0, 0.1) is 86.7 Å². The Morgan fingerprint density at radius 2 is 0.722 bits per heavy atom. The van der Waals surface area contributed by atoms with E-state index in [1.165, 1.54) is 24.3 Å². The number of Topliss-reactive ketones (excluding diaryl/α,β-unsaturated/α-hetero) is 3. The summed E-state index contributed by atoms with van der Waals surface area (Å²) in [4.78, 5) is 52.3. The fraction of sp³-hybridized carbons (Fsp3) is 0.500. The van der Waals surface area contributed by atoms with E-state index in [9.17, 15) is 43.3 Å². The zero-order chi connectivity index (χ0) is 77.1. The van der Waals surface area contributed by atoms with Gasteiger partial charge in [-0.25, -0.2) is 26.3 Å². The second kappa shape index (κ2) is 38.5. The number of carbonyl (C=O) groups is 3. The number of carbonyl (C=O) groups excluding carboxylic acids is 3. The maximum Gasteiger partial charge on any atom is 0.166 e. The van der Waals surface area contributed by atoms with Gasteiger partial charge >= 0.3 is 0 Å². The van der Waals surface area contributed by atoms with E-state index in [-0.39, 0.29) is 83.7 Å². The van der Waals surface area contributed by atoms with Crippen LogP contribution < -0.4 is 17.2 Å². The molecule has 3 atom stereocenters. The summed E-state index contributed by atoms with van der Waals surface area (Å²) >= 11 is 0. The van der Waals surface area contributed by atoms with E-state index in [0.29, 0.717) is 94.9 Å². The topological polar surface area (TPSA) is 248 Å². The number of rotatable bonds is 24. The molecule has 6 N–H and O–H groups in total. The minimum absolute atomic E-state index is 0.0538. The molecular weight excluding hydrogens is 1390 g/mol. The molecule has 6 aliphatic rings. The van der Waals surface area contributed by atoms with Crippen molar-refractivity contribution in [3.63, 3.8) is 0 Å². The monoisotopic (exact) mass is 1490 g/mol. The van der Waals surface area contributed by atoms with Crippen LogP contribution in [0.4, 0.5) is 26.3 Å². The molecule has 0 aliphatic carbocycles. The van der Waals surface area contributed by atoms with Crippen LogP contribution in [0.3, 0.4) is 0 Å². The molecule has 18 nitrogen and oxygen atoms in total. The molecule has 0 radical (unpaired) electrons. The predicted octanol–water partition coefficient (Wildman–Crippen LogP) is 10.6. The van der Waals surface area contributed by atoms with Crippen LogP contribution in [0.25, 0.3) is 33.4 Å². The van der Waals surface area contributed by atoms with Gasteiger partial charge in [-0.2, -0.15) is 15.8 Å². The number of piperazine rings is 3. The summed E-state index contributed by atoms with van der Waals surface area (Å²) < 4.78 is 106. The summed E-state index contributed by atoms with van der Waals surface area (Å²) in [6, 6.07) is 37.0. The Balaban J connectivity index is 0.000000173. The number of hydrogen-bond donors (Lipinski definition) is 3. The summed E-state index contributed by atoms with van der Waals surface area (Å²) in [6.07, 6.45) is 1.75. The molecular formula is C84H102F6N12O6. The molecule has 0 unspecified atom stereocenters. The van der Waals surface area contributed by atoms with Crippen molar-refractivity contribution in [1.82, 2.24) is 29.4 Å². The molecule has 0 spiro atoms. The van der Waals surface area contributed by atoms with Gasteiger partial charge in [-0.05, 0) is 153 Å². The lowest BCUT2D eigenvalue weighted by Gasteiger charge is -2.32. The number of benzene rings is 6. The fourth-order valence-electron chi connectivity index (χ4n) is 14.7. The molecule has 6 aliphatic heterocycles. The van der Waals surface area contributed by atoms with E-state index in [2.05, 4.69) is 62.7 Å². The zero-order valence-corrected chi connectivity index (χ0v) is 62.4. The first-order valence-corrected chi connectivity index (χ1v) is 37.7. The predicted molar refractivity (Wildman–Crippen MR) is 402 cm³/mol. The summed E-state index contributed by atoms with van der Waals surface area (Å²) in [5, 5.41) is 28.7. The number of nitriles is 3. The van der Waals surface area contributed by atoms with Gasteiger partial charge in [0.2, 0.25) is 0 Å². The van der Waals surface area contributed by atoms with E-state index in [4.69, 9.17) is 31.4 Å². The Bertz CT molecular complexity index is 4000. The first-order chi connectivity index (χ1) is 51.8. The second-order valence-corrected chi connectivity index (χ2v) is 30.3. The van der Waals surface area contributed by atoms with Crippen molar-refractivity contribution in [2.45, 2.75) is 113 Å². The molecule has 6 saturated heterocycles. The summed E-state index contributed by atoms with van der Waals surface area (Å²) in [5.41, 5.74) is 21.7. The highest BCUT2D eigenvalue weighted by molar-refractivity contribution is 5.90. The molecule has 0 amide bonds. The standard InChI is InChI=1S/3C28H34F2N4O2/c1-33-8-10-34(11-9-33)19-20-2-4-22(5-3-20)23-16-25(29)24(26(30)17-23)14-21(18-31)15-27(35)28(32)6-12-36-13-7-28;1-33-8-10-34(11-9-33)19-20-2-4-22(5-3-20)24-17-25(29)23(16-26(24)30)14-21(18-31)15-27(35)28(32)6-12-36-13-7-28;1-33-10-12-34(13-11-33)19-20-2-4-22(5-3-20)24-7-6-23(26(29)27(24)30)16-21(18-31)17-25(35)28(32)8-14-36-15-9-28/h2*2-5,16-17,21H,6-15,19,32H2,1H3;2-7,21H,8-17,19,32H2,1H3/t3*21-/m111/s1. The molecule has 576 valence electrons. The Labute approximate surface area is 631 Å². The highest BCUT2D eigenvalue weighted by atomic mass is 19.2. The van der Waals surface area contributed by atoms with Crippen LogP contribution in [-0.2, 0) is 67.5 Å². The van der Waals surface area contributed by atoms with Gasteiger partial charge in [0.25, 0.3) is 0 Å². The molecule has 6 aromatic rings. The quantitative estimate of drug-likeness (QED) is 0.0477. The number of likely N-dealkylation sites (N-methyl/N-ethyl adjacent to an activating group) is 3. The van der Waals surface area contributed by atoms with Gasteiger partial charge in [-0.1, -0.05) is 84.9 Å². The maximum atomic E-state index is 15.1. The first kappa shape index (κ1) is 82.4. The fourth-order valence-corrected chi connectivity index (χ4v) is 14.7. The first-order valence-electron chi connectivity index (χ1n) is 37.7. The molecule has 0 bridgehead atoms. The van der Waals surface area contributed by atoms with Crippen molar-refractivity contribution in [3.8, 4) is 51.6 Å². The minimum atomic E-state index is -1.04. The molecule has 108 heavy (non-hydrogen) atoms. The van der Waals surface area contributed by atoms with Gasteiger partial charge in [0, 0.05) is 174 Å². The van der Waals surface area contributed by atoms with Crippen molar-refractivity contribution >= 4 is 17.3 Å². The Morgan fingerprint density at radius 3 is 1.08 bits per heavy atom. The average Bonchev–Trinajstić information content (AvgIpc) is 0.849. The molecule has 0 saturated carbocycles. The van der Waals surface area contributed by atoms with Crippen molar-refractivity contribution in [3.05, 3.63) is 177 Å². The molecule has 24 heteroatoms. The van der Waals surface area contributed by atoms with Gasteiger partial charge in [0.05, 0.1) is 52.6 Å². The zero-order valence-electron chi connectivity index (χ0n) is 62.4. The largest absolute Gasteiger partial charge is 0.381 e. The van der Waals surface area contributed by atoms with Gasteiger partial charge in [-0.3, -0.25) is 29.1 Å². The number of nitrogens with zero attached hydrogens (tertiary/aromatic N) is 9. The highest BCUT2D eigenvalue weighted by Crippen LogP contribution is 2.34. The molecule has 12 rings (SSSR count). The van der Waals surface area contributed by atoms with E-state index in [1.54, 1.807) is 6.07 Å². The van der Waals surface area contributed by atoms with Crippen LogP contribution in [0.1, 0.15) is 91.2 Å². The van der Waals surface area contributed by atoms with E-state index < -0.39 is 69.3 Å². The summed E-state index contributed by atoms with van der Waals surface area (Å²) in [5.74, 6) is -7.63. The molecule has 6 heterocycles. The highest BCUT2D eigenvalue weighted by Gasteiger charge is 2.40. The van der Waals surface area contributed by atoms with Gasteiger partial charge in [-0.15, -0.1) is 0 Å². The van der Waals surface area contributed by atoms with Crippen molar-refractivity contribution in [2.75, 3.05) is 139 Å². The van der Waals surface area contributed by atoms with Crippen LogP contribution in [0.5, 0.6) is 0 Å². The molecule has 6 fully saturated rings. The smallest absolute Gasteiger partial charge is 0.166 e. The molecule has 0 aromatic heterocycles. The van der Waals surface area contributed by atoms with Crippen LogP contribution >= 0.6 is 0 Å². The van der Waals surface area contributed by atoms with Gasteiger partial charge in [0.1, 0.15) is 23.3 Å². The third-order valence-electron chi connectivity index (χ3n) is 22.3. The van der Waals surface area contributed by atoms with Crippen molar-refractivity contribution in [1.29, 1.82) is 15.8 Å². The Kier molecular flexibility index (Phi) is 29.4. The van der Waals surface area contributed by atoms with Crippen LogP contribution in [-0.4, -0.2) is 203 Å². The number of ether oxygens (including phenoxy) is 3. The maximum absolute atomic E-state index is 15.1. The number of halogens is 6. The lowest BCUT2D eigenvalue weighted by Crippen LogP contribution is -2.52. The second-order valence-electron chi connectivity index (χ2n) is 30.3. The average molecular weight is 1490 g/mol. The van der Waals surface area contributed by atoms with E-state index >= 15 is 13.2 Å². The number of hydrogen-bond acceptors (Lipinski definition) is 18.